The van der Waals surface area contributed by atoms with Gasteiger partial charge in [-0.25, -0.2) is 4.79 Å². The van der Waals surface area contributed by atoms with Crippen LogP contribution in [0.3, 0.4) is 0 Å². The van der Waals surface area contributed by atoms with E-state index in [2.05, 4.69) is 22.0 Å². The number of ether oxygens (including phenoxy) is 2. The number of benzene rings is 2. The molecule has 0 aliphatic carbocycles. The number of nitrogens with zero attached hydrogens (tertiary/aromatic N) is 1. The van der Waals surface area contributed by atoms with Gasteiger partial charge in [0, 0.05) is 4.47 Å². The third-order valence-corrected chi connectivity index (χ3v) is 4.86. The highest BCUT2D eigenvalue weighted by atomic mass is 79.9. The van der Waals surface area contributed by atoms with Gasteiger partial charge in [0.25, 0.3) is 0 Å². The van der Waals surface area contributed by atoms with Gasteiger partial charge in [0.2, 0.25) is 0 Å². The first kappa shape index (κ1) is 18.8. The Morgan fingerprint density at radius 2 is 1.96 bits per heavy atom. The maximum atomic E-state index is 13.1. The molecule has 1 atom stereocenters. The summed E-state index contributed by atoms with van der Waals surface area (Å²) in [5.41, 5.74) is 2.54. The van der Waals surface area contributed by atoms with E-state index < -0.39 is 5.60 Å². The number of halogens is 1. The predicted molar refractivity (Wildman–Crippen MR) is 107 cm³/mol. The number of carbonyl (C=O) groups excluding carboxylic acids is 1. The van der Waals surface area contributed by atoms with Gasteiger partial charge in [-0.1, -0.05) is 28.1 Å². The number of hydrogen-bond acceptors (Lipinski definition) is 3. The van der Waals surface area contributed by atoms with E-state index in [1.54, 1.807) is 12.0 Å². The number of anilines is 1. The number of hydrogen-bond donors (Lipinski definition) is 0. The summed E-state index contributed by atoms with van der Waals surface area (Å²) in [6.45, 7) is 5.66. The Morgan fingerprint density at radius 3 is 2.65 bits per heavy atom. The zero-order chi connectivity index (χ0) is 18.9. The summed E-state index contributed by atoms with van der Waals surface area (Å²) < 4.78 is 12.1. The molecule has 1 amide bonds. The molecule has 0 radical (unpaired) electrons. The van der Waals surface area contributed by atoms with E-state index in [0.717, 1.165) is 39.9 Å². The zero-order valence-electron chi connectivity index (χ0n) is 15.6. The van der Waals surface area contributed by atoms with Crippen LogP contribution >= 0.6 is 15.9 Å². The molecule has 0 bridgehead atoms. The molecule has 2 aromatic carbocycles. The van der Waals surface area contributed by atoms with Crippen LogP contribution in [0.15, 0.2) is 46.9 Å². The van der Waals surface area contributed by atoms with Gasteiger partial charge < -0.3 is 9.47 Å². The lowest BCUT2D eigenvalue weighted by Crippen LogP contribution is -2.42. The lowest BCUT2D eigenvalue weighted by atomic mass is 9.91. The van der Waals surface area contributed by atoms with Crippen molar-refractivity contribution in [2.75, 3.05) is 12.0 Å². The number of aryl methyl sites for hydroxylation is 1. The molecule has 1 unspecified atom stereocenters. The smallest absolute Gasteiger partial charge is 0.415 e. The molecule has 138 valence electrons. The summed E-state index contributed by atoms with van der Waals surface area (Å²) in [5, 5.41) is 0. The van der Waals surface area contributed by atoms with E-state index in [1.807, 2.05) is 57.2 Å². The Kier molecular flexibility index (Phi) is 5.28. The van der Waals surface area contributed by atoms with E-state index >= 15 is 0 Å². The Morgan fingerprint density at radius 1 is 1.19 bits per heavy atom. The first-order valence-electron chi connectivity index (χ1n) is 8.73. The molecule has 2 aromatic rings. The monoisotopic (exact) mass is 417 g/mol. The average Bonchev–Trinajstić information content (AvgIpc) is 2.59. The summed E-state index contributed by atoms with van der Waals surface area (Å²) in [6, 6.07) is 13.8. The number of carbonyl (C=O) groups is 1. The molecule has 26 heavy (non-hydrogen) atoms. The van der Waals surface area contributed by atoms with Crippen molar-refractivity contribution in [3.63, 3.8) is 0 Å². The zero-order valence-corrected chi connectivity index (χ0v) is 17.2. The van der Waals surface area contributed by atoms with Crippen molar-refractivity contribution in [3.8, 4) is 5.75 Å². The first-order chi connectivity index (χ1) is 12.3. The van der Waals surface area contributed by atoms with Crippen molar-refractivity contribution in [3.05, 3.63) is 58.1 Å². The minimum Gasteiger partial charge on any atom is -0.497 e. The highest BCUT2D eigenvalue weighted by Crippen LogP contribution is 2.41. The average molecular weight is 418 g/mol. The quantitative estimate of drug-likeness (QED) is 0.611. The van der Waals surface area contributed by atoms with E-state index in [4.69, 9.17) is 9.47 Å². The maximum Gasteiger partial charge on any atom is 0.415 e. The topological polar surface area (TPSA) is 38.8 Å². The Labute approximate surface area is 163 Å². The van der Waals surface area contributed by atoms with E-state index in [9.17, 15) is 4.79 Å². The molecule has 0 fully saturated rings. The van der Waals surface area contributed by atoms with Crippen molar-refractivity contribution in [2.24, 2.45) is 0 Å². The number of rotatable bonds is 2. The SMILES string of the molecule is COc1cccc(C2CCc3cc(Br)ccc3N2C(=O)OC(C)(C)C)c1. The van der Waals surface area contributed by atoms with Crippen LogP contribution in [0.2, 0.25) is 0 Å². The molecule has 0 aromatic heterocycles. The second kappa shape index (κ2) is 7.31. The summed E-state index contributed by atoms with van der Waals surface area (Å²) in [7, 11) is 1.65. The number of amides is 1. The minimum absolute atomic E-state index is 0.0892. The summed E-state index contributed by atoms with van der Waals surface area (Å²) >= 11 is 3.52. The van der Waals surface area contributed by atoms with Crippen LogP contribution < -0.4 is 9.64 Å². The highest BCUT2D eigenvalue weighted by molar-refractivity contribution is 9.10. The Hall–Kier alpha value is -2.01. The molecular weight excluding hydrogens is 394 g/mol. The minimum atomic E-state index is -0.553. The van der Waals surface area contributed by atoms with Crippen molar-refractivity contribution < 1.29 is 14.3 Å². The van der Waals surface area contributed by atoms with Crippen molar-refractivity contribution in [1.29, 1.82) is 0 Å². The Bertz CT molecular complexity index is 813. The lowest BCUT2D eigenvalue weighted by molar-refractivity contribution is 0.0560. The van der Waals surface area contributed by atoms with Gasteiger partial charge in [-0.05, 0) is 75.1 Å². The van der Waals surface area contributed by atoms with Crippen molar-refractivity contribution in [2.45, 2.75) is 45.3 Å². The van der Waals surface area contributed by atoms with Crippen LogP contribution in [0.25, 0.3) is 0 Å². The van der Waals surface area contributed by atoms with Crippen LogP contribution in [0, 0.1) is 0 Å². The van der Waals surface area contributed by atoms with Crippen LogP contribution in [-0.4, -0.2) is 18.8 Å². The fourth-order valence-corrected chi connectivity index (χ4v) is 3.69. The van der Waals surface area contributed by atoms with E-state index in [-0.39, 0.29) is 12.1 Å². The van der Waals surface area contributed by atoms with Gasteiger partial charge in [-0.3, -0.25) is 4.90 Å². The van der Waals surface area contributed by atoms with Gasteiger partial charge in [-0.2, -0.15) is 0 Å². The molecule has 5 heteroatoms. The van der Waals surface area contributed by atoms with Gasteiger partial charge in [0.05, 0.1) is 18.8 Å². The first-order valence-corrected chi connectivity index (χ1v) is 9.52. The normalized spacial score (nSPS) is 16.8. The third kappa shape index (κ3) is 4.04. The van der Waals surface area contributed by atoms with E-state index in [1.165, 1.54) is 0 Å². The second-order valence-electron chi connectivity index (χ2n) is 7.45. The fourth-order valence-electron chi connectivity index (χ4n) is 3.28. The van der Waals surface area contributed by atoms with Gasteiger partial charge in [0.1, 0.15) is 11.4 Å². The number of methoxy groups -OCH3 is 1. The van der Waals surface area contributed by atoms with Crippen LogP contribution in [-0.2, 0) is 11.2 Å². The van der Waals surface area contributed by atoms with Gasteiger partial charge >= 0.3 is 6.09 Å². The molecule has 0 N–H and O–H groups in total. The molecule has 1 aliphatic heterocycles. The standard InChI is InChI=1S/C21H24BrNO3/c1-21(2,3)26-20(24)23-18(14-6-5-7-17(13-14)25-4)10-8-15-12-16(22)9-11-19(15)23/h5-7,9,11-13,18H,8,10H2,1-4H3. The molecule has 3 rings (SSSR count). The molecule has 1 aliphatic rings. The largest absolute Gasteiger partial charge is 0.497 e. The van der Waals surface area contributed by atoms with Crippen LogP contribution in [0.4, 0.5) is 10.5 Å². The Balaban J connectivity index is 2.05. The molecule has 0 spiro atoms. The van der Waals surface area contributed by atoms with Gasteiger partial charge in [-0.15, -0.1) is 0 Å². The maximum absolute atomic E-state index is 13.1. The van der Waals surface area contributed by atoms with Crippen LogP contribution in [0.5, 0.6) is 5.75 Å². The van der Waals surface area contributed by atoms with E-state index in [0.29, 0.717) is 0 Å². The molecule has 4 nitrogen and oxygen atoms in total. The second-order valence-corrected chi connectivity index (χ2v) is 8.37. The third-order valence-electron chi connectivity index (χ3n) is 4.37. The number of fused-ring (bicyclic) bond motifs is 1. The molecule has 0 saturated heterocycles. The summed E-state index contributed by atoms with van der Waals surface area (Å²) in [4.78, 5) is 14.8. The molecule has 1 heterocycles. The van der Waals surface area contributed by atoms with Crippen molar-refractivity contribution in [1.82, 2.24) is 0 Å². The van der Waals surface area contributed by atoms with Crippen molar-refractivity contribution >= 4 is 27.7 Å². The fraction of sp³-hybridized carbons (Fsp3) is 0.381. The lowest BCUT2D eigenvalue weighted by Gasteiger charge is -2.38. The molecular formula is C21H24BrNO3. The van der Waals surface area contributed by atoms with Gasteiger partial charge in [0.15, 0.2) is 0 Å². The summed E-state index contributed by atoms with van der Waals surface area (Å²) in [5.74, 6) is 0.785. The molecule has 0 saturated carbocycles. The summed E-state index contributed by atoms with van der Waals surface area (Å²) in [6.07, 6.45) is 1.40. The predicted octanol–water partition coefficient (Wildman–Crippen LogP) is 5.89. The van der Waals surface area contributed by atoms with Crippen LogP contribution in [0.1, 0.15) is 44.4 Å². The highest BCUT2D eigenvalue weighted by Gasteiger charge is 2.35.